The van der Waals surface area contributed by atoms with Crippen LogP contribution in [0, 0.1) is 0 Å². The lowest BCUT2D eigenvalue weighted by molar-refractivity contribution is 0.410. The smallest absolute Gasteiger partial charge is 0.137 e. The topological polar surface area (TPSA) is 34.2 Å². The Balaban J connectivity index is 2.24. The minimum Gasteiger partial charge on any atom is -0.495 e. The molecule has 0 spiro atoms. The molecule has 3 nitrogen and oxygen atoms in total. The third-order valence-corrected chi connectivity index (χ3v) is 3.98. The summed E-state index contributed by atoms with van der Waals surface area (Å²) in [5.74, 6) is 0.789. The highest BCUT2D eigenvalue weighted by atomic mass is 79.9. The van der Waals surface area contributed by atoms with Gasteiger partial charge in [0.15, 0.2) is 0 Å². The van der Waals surface area contributed by atoms with E-state index in [-0.39, 0.29) is 6.04 Å². The second-order valence-electron chi connectivity index (χ2n) is 4.56. The van der Waals surface area contributed by atoms with E-state index < -0.39 is 0 Å². The number of hydrogen-bond donors (Lipinski definition) is 1. The molecule has 4 heteroatoms. The molecule has 1 aromatic carbocycles. The first-order valence-corrected chi connectivity index (χ1v) is 7.49. The molecule has 0 saturated carbocycles. The highest BCUT2D eigenvalue weighted by Gasteiger charge is 2.13. The Labute approximate surface area is 128 Å². The number of benzene rings is 1. The molecule has 0 aliphatic carbocycles. The molecule has 1 N–H and O–H groups in total. The van der Waals surface area contributed by atoms with E-state index in [1.807, 2.05) is 18.3 Å². The molecule has 0 aliphatic heterocycles. The molecule has 0 fully saturated rings. The van der Waals surface area contributed by atoms with E-state index in [2.05, 4.69) is 51.4 Å². The van der Waals surface area contributed by atoms with E-state index in [1.165, 1.54) is 5.56 Å². The molecule has 1 aromatic heterocycles. The fourth-order valence-electron chi connectivity index (χ4n) is 2.18. The van der Waals surface area contributed by atoms with Gasteiger partial charge in [0.1, 0.15) is 5.75 Å². The van der Waals surface area contributed by atoms with Crippen molar-refractivity contribution in [3.63, 3.8) is 0 Å². The van der Waals surface area contributed by atoms with Crippen LogP contribution in [0.2, 0.25) is 0 Å². The largest absolute Gasteiger partial charge is 0.495 e. The van der Waals surface area contributed by atoms with E-state index in [4.69, 9.17) is 4.74 Å². The van der Waals surface area contributed by atoms with Gasteiger partial charge >= 0.3 is 0 Å². The zero-order valence-electron chi connectivity index (χ0n) is 11.8. The van der Waals surface area contributed by atoms with Crippen LogP contribution in [0.5, 0.6) is 5.75 Å². The summed E-state index contributed by atoms with van der Waals surface area (Å²) in [6, 6.07) is 10.6. The van der Waals surface area contributed by atoms with Gasteiger partial charge in [-0.15, -0.1) is 0 Å². The number of nitrogens with one attached hydrogen (secondary N) is 1. The Morgan fingerprint density at radius 1 is 1.30 bits per heavy atom. The van der Waals surface area contributed by atoms with E-state index in [0.29, 0.717) is 0 Å². The van der Waals surface area contributed by atoms with Crippen molar-refractivity contribution in [2.75, 3.05) is 13.7 Å². The van der Waals surface area contributed by atoms with Gasteiger partial charge in [-0.05, 0) is 36.2 Å². The van der Waals surface area contributed by atoms with Crippen molar-refractivity contribution < 1.29 is 4.74 Å². The number of halogens is 1. The number of hydrogen-bond acceptors (Lipinski definition) is 3. The lowest BCUT2D eigenvalue weighted by atomic mass is 10.00. The number of nitrogens with zero attached hydrogens (tertiary/aromatic N) is 1. The van der Waals surface area contributed by atoms with Crippen LogP contribution in [0.25, 0.3) is 0 Å². The molecule has 1 unspecified atom stereocenters. The number of rotatable bonds is 6. The first-order chi connectivity index (χ1) is 9.74. The average Bonchev–Trinajstić information content (AvgIpc) is 2.49. The molecular weight excluding hydrogens is 316 g/mol. The zero-order chi connectivity index (χ0) is 14.4. The minimum atomic E-state index is 0.223. The Kier molecular flexibility index (Phi) is 5.56. The van der Waals surface area contributed by atoms with E-state index >= 15 is 0 Å². The van der Waals surface area contributed by atoms with Crippen LogP contribution in [0.4, 0.5) is 0 Å². The maximum absolute atomic E-state index is 5.26. The van der Waals surface area contributed by atoms with E-state index in [1.54, 1.807) is 13.3 Å². The lowest BCUT2D eigenvalue weighted by Crippen LogP contribution is -2.23. The van der Waals surface area contributed by atoms with Crippen LogP contribution in [0.15, 0.2) is 47.2 Å². The predicted octanol–water partition coefficient (Wildman–Crippen LogP) is 3.75. The molecule has 20 heavy (non-hydrogen) atoms. The Morgan fingerprint density at radius 3 is 2.80 bits per heavy atom. The van der Waals surface area contributed by atoms with Crippen molar-refractivity contribution >= 4 is 15.9 Å². The van der Waals surface area contributed by atoms with Crippen LogP contribution in [-0.2, 0) is 6.42 Å². The van der Waals surface area contributed by atoms with Crippen LogP contribution in [0.3, 0.4) is 0 Å². The van der Waals surface area contributed by atoms with Gasteiger partial charge in [0.05, 0.1) is 13.3 Å². The van der Waals surface area contributed by atoms with Gasteiger partial charge < -0.3 is 10.1 Å². The quantitative estimate of drug-likeness (QED) is 0.873. The van der Waals surface area contributed by atoms with Gasteiger partial charge in [-0.3, -0.25) is 4.98 Å². The molecule has 2 aromatic rings. The molecule has 2 rings (SSSR count). The summed E-state index contributed by atoms with van der Waals surface area (Å²) in [7, 11) is 1.66. The van der Waals surface area contributed by atoms with Crippen molar-refractivity contribution in [3.8, 4) is 5.75 Å². The molecule has 0 amide bonds. The number of likely N-dealkylation sites (N-methyl/N-ethyl adjacent to an activating group) is 1. The van der Waals surface area contributed by atoms with Crippen LogP contribution in [0.1, 0.15) is 24.1 Å². The highest BCUT2D eigenvalue weighted by molar-refractivity contribution is 9.10. The Hall–Kier alpha value is -1.39. The van der Waals surface area contributed by atoms with Crippen molar-refractivity contribution in [2.24, 2.45) is 0 Å². The summed E-state index contributed by atoms with van der Waals surface area (Å²) < 4.78 is 6.40. The maximum Gasteiger partial charge on any atom is 0.137 e. The molecular formula is C16H19BrN2O. The molecule has 0 radical (unpaired) electrons. The van der Waals surface area contributed by atoms with Crippen molar-refractivity contribution in [3.05, 3.63) is 58.3 Å². The number of methoxy groups -OCH3 is 1. The molecule has 0 saturated heterocycles. The highest BCUT2D eigenvalue weighted by Crippen LogP contribution is 2.25. The third-order valence-electron chi connectivity index (χ3n) is 3.20. The Bertz CT molecular complexity index is 560. The predicted molar refractivity (Wildman–Crippen MR) is 85.1 cm³/mol. The van der Waals surface area contributed by atoms with Gasteiger partial charge in [-0.25, -0.2) is 0 Å². The van der Waals surface area contributed by atoms with Crippen LogP contribution in [-0.4, -0.2) is 18.6 Å². The van der Waals surface area contributed by atoms with E-state index in [0.717, 1.165) is 28.8 Å². The molecule has 0 bridgehead atoms. The lowest BCUT2D eigenvalue weighted by Gasteiger charge is -2.19. The monoisotopic (exact) mass is 334 g/mol. The summed E-state index contributed by atoms with van der Waals surface area (Å²) in [4.78, 5) is 4.25. The number of aromatic nitrogens is 1. The first-order valence-electron chi connectivity index (χ1n) is 6.70. The second-order valence-corrected chi connectivity index (χ2v) is 5.42. The third kappa shape index (κ3) is 3.81. The van der Waals surface area contributed by atoms with Gasteiger partial charge in [0, 0.05) is 16.7 Å². The first kappa shape index (κ1) is 15.0. The standard InChI is InChI=1S/C16H19BrN2O/c1-3-19-16(9-12-6-4-5-7-15(12)17)13-8-14(20-2)11-18-10-13/h4-8,10-11,16,19H,3,9H2,1-2H3. The average molecular weight is 335 g/mol. The SMILES string of the molecule is CCNC(Cc1ccccc1Br)c1cncc(OC)c1. The van der Waals surface area contributed by atoms with Gasteiger partial charge in [0.25, 0.3) is 0 Å². The van der Waals surface area contributed by atoms with Crippen molar-refractivity contribution in [2.45, 2.75) is 19.4 Å². The van der Waals surface area contributed by atoms with Crippen LogP contribution < -0.4 is 10.1 Å². The summed E-state index contributed by atoms with van der Waals surface area (Å²) in [5.41, 5.74) is 2.42. The maximum atomic E-state index is 5.26. The summed E-state index contributed by atoms with van der Waals surface area (Å²) in [6.45, 7) is 3.02. The second kappa shape index (κ2) is 7.41. The Morgan fingerprint density at radius 2 is 2.10 bits per heavy atom. The van der Waals surface area contributed by atoms with Gasteiger partial charge in [-0.2, -0.15) is 0 Å². The molecule has 106 valence electrons. The van der Waals surface area contributed by atoms with E-state index in [9.17, 15) is 0 Å². The van der Waals surface area contributed by atoms with Crippen LogP contribution >= 0.6 is 15.9 Å². The normalized spacial score (nSPS) is 12.2. The molecule has 0 aliphatic rings. The molecule has 1 heterocycles. The van der Waals surface area contributed by atoms with Gasteiger partial charge in [-0.1, -0.05) is 41.1 Å². The minimum absolute atomic E-state index is 0.223. The summed E-state index contributed by atoms with van der Waals surface area (Å²) in [5, 5.41) is 3.51. The fourth-order valence-corrected chi connectivity index (χ4v) is 2.62. The van der Waals surface area contributed by atoms with Gasteiger partial charge in [0.2, 0.25) is 0 Å². The zero-order valence-corrected chi connectivity index (χ0v) is 13.4. The fraction of sp³-hybridized carbons (Fsp3) is 0.312. The summed E-state index contributed by atoms with van der Waals surface area (Å²) in [6.07, 6.45) is 4.53. The number of ether oxygens (including phenoxy) is 1. The van der Waals surface area contributed by atoms with Crippen molar-refractivity contribution in [1.82, 2.24) is 10.3 Å². The van der Waals surface area contributed by atoms with Crippen molar-refractivity contribution in [1.29, 1.82) is 0 Å². The number of pyridine rings is 1. The molecule has 1 atom stereocenters. The summed E-state index contributed by atoms with van der Waals surface area (Å²) >= 11 is 3.61.